The van der Waals surface area contributed by atoms with E-state index in [0.717, 1.165) is 56.0 Å². The van der Waals surface area contributed by atoms with Crippen LogP contribution in [0.3, 0.4) is 0 Å². The fraction of sp³-hybridized carbons (Fsp3) is 0.484. The second-order valence-electron chi connectivity index (χ2n) is 11.5. The minimum absolute atomic E-state index is 0.0172. The number of piperidine rings is 2. The Morgan fingerprint density at radius 3 is 2.16 bits per heavy atom. The lowest BCUT2D eigenvalue weighted by Crippen LogP contribution is -2.48. The highest BCUT2D eigenvalue weighted by atomic mass is 35.5. The van der Waals surface area contributed by atoms with Gasteiger partial charge in [-0.05, 0) is 91.5 Å². The number of hydrogen-bond donors (Lipinski definition) is 0. The molecular weight excluding hydrogens is 603 g/mol. The quantitative estimate of drug-likeness (QED) is 0.340. The third-order valence-corrected chi connectivity index (χ3v) is 9.37. The number of hydrogen-bond acceptors (Lipinski definition) is 7. The Morgan fingerprint density at radius 2 is 1.57 bits per heavy atom. The lowest BCUT2D eigenvalue weighted by atomic mass is 9.94. The number of amides is 3. The largest absolute Gasteiger partial charge is 0.343 e. The Morgan fingerprint density at radius 1 is 0.886 bits per heavy atom. The number of nitrogens with zero attached hydrogens (tertiary/aromatic N) is 8. The minimum Gasteiger partial charge on any atom is -0.343 e. The average Bonchev–Trinajstić information content (AvgIpc) is 3.57. The van der Waals surface area contributed by atoms with E-state index in [-0.39, 0.29) is 29.7 Å². The van der Waals surface area contributed by atoms with Crippen molar-refractivity contribution in [2.75, 3.05) is 49.1 Å². The van der Waals surface area contributed by atoms with Crippen LogP contribution in [0.15, 0.2) is 48.8 Å². The molecule has 0 radical (unpaired) electrons. The molecule has 1 aromatic heterocycles. The number of carbonyl (C=O) groups is 3. The molecule has 2 fully saturated rings. The van der Waals surface area contributed by atoms with Crippen LogP contribution < -0.4 is 9.80 Å². The van der Waals surface area contributed by atoms with Crippen LogP contribution in [0.25, 0.3) is 5.69 Å². The summed E-state index contributed by atoms with van der Waals surface area (Å²) < 4.78 is 1.58. The number of carbonyl (C=O) groups excluding carboxylic acids is 3. The van der Waals surface area contributed by atoms with E-state index < -0.39 is 0 Å². The summed E-state index contributed by atoms with van der Waals surface area (Å²) in [5, 5.41) is 12.1. The second-order valence-corrected chi connectivity index (χ2v) is 12.3. The van der Waals surface area contributed by atoms with Gasteiger partial charge in [0, 0.05) is 69.9 Å². The van der Waals surface area contributed by atoms with Crippen LogP contribution in [0.5, 0.6) is 0 Å². The van der Waals surface area contributed by atoms with Crippen molar-refractivity contribution in [3.05, 3.63) is 58.8 Å². The smallest absolute Gasteiger partial charge is 0.230 e. The summed E-state index contributed by atoms with van der Waals surface area (Å²) in [5.41, 5.74) is 2.42. The third-order valence-electron chi connectivity index (χ3n) is 8.63. The van der Waals surface area contributed by atoms with E-state index >= 15 is 0 Å². The predicted molar refractivity (Wildman–Crippen MR) is 170 cm³/mol. The monoisotopic (exact) mass is 640 g/mol. The zero-order valence-electron chi connectivity index (χ0n) is 25.1. The molecule has 2 saturated heterocycles. The number of halogens is 2. The Labute approximate surface area is 267 Å². The first kappa shape index (κ1) is 31.9. The van der Waals surface area contributed by atoms with Crippen LogP contribution in [0.2, 0.25) is 10.0 Å². The molecular formula is C31H38Cl2N8O3. The van der Waals surface area contributed by atoms with Gasteiger partial charge < -0.3 is 19.6 Å². The highest BCUT2D eigenvalue weighted by molar-refractivity contribution is 6.42. The molecule has 3 heterocycles. The first-order chi connectivity index (χ1) is 21.2. The van der Waals surface area contributed by atoms with Gasteiger partial charge >= 0.3 is 0 Å². The zero-order chi connectivity index (χ0) is 31.2. The van der Waals surface area contributed by atoms with E-state index in [1.54, 1.807) is 35.6 Å². The Hall–Kier alpha value is -3.54. The summed E-state index contributed by atoms with van der Waals surface area (Å²) in [4.78, 5) is 46.2. The molecule has 2 aliphatic rings. The lowest BCUT2D eigenvalue weighted by molar-refractivity contribution is -0.133. The van der Waals surface area contributed by atoms with Crippen molar-refractivity contribution in [3.63, 3.8) is 0 Å². The van der Waals surface area contributed by atoms with Gasteiger partial charge in [0.15, 0.2) is 0 Å². The second kappa shape index (κ2) is 14.5. The maximum absolute atomic E-state index is 13.7. The Kier molecular flexibility index (Phi) is 10.5. The van der Waals surface area contributed by atoms with Gasteiger partial charge in [0.2, 0.25) is 17.7 Å². The molecule has 0 aliphatic carbocycles. The van der Waals surface area contributed by atoms with Crippen LogP contribution in [-0.4, -0.2) is 93.0 Å². The Balaban J connectivity index is 1.17. The molecule has 234 valence electrons. The van der Waals surface area contributed by atoms with Gasteiger partial charge in [0.05, 0.1) is 15.7 Å². The number of rotatable bonds is 9. The predicted octanol–water partition coefficient (Wildman–Crippen LogP) is 4.47. The van der Waals surface area contributed by atoms with Crippen molar-refractivity contribution in [2.45, 2.75) is 52.0 Å². The van der Waals surface area contributed by atoms with Gasteiger partial charge in [0.1, 0.15) is 6.33 Å². The van der Waals surface area contributed by atoms with E-state index in [1.807, 2.05) is 40.1 Å². The van der Waals surface area contributed by atoms with Gasteiger partial charge in [-0.2, -0.15) is 0 Å². The lowest BCUT2D eigenvalue weighted by Gasteiger charge is -2.38. The summed E-state index contributed by atoms with van der Waals surface area (Å²) in [6, 6.07) is 13.1. The number of likely N-dealkylation sites (tertiary alicyclic amines) is 2. The summed E-state index contributed by atoms with van der Waals surface area (Å²) in [7, 11) is 0. The summed E-state index contributed by atoms with van der Waals surface area (Å²) >= 11 is 12.5. The average molecular weight is 642 g/mol. The van der Waals surface area contributed by atoms with Crippen molar-refractivity contribution in [2.24, 2.45) is 5.92 Å². The van der Waals surface area contributed by atoms with E-state index in [9.17, 15) is 14.4 Å². The number of aromatic nitrogens is 4. The van der Waals surface area contributed by atoms with Gasteiger partial charge in [-0.3, -0.25) is 14.4 Å². The highest BCUT2D eigenvalue weighted by Crippen LogP contribution is 2.30. The number of tetrazole rings is 1. The van der Waals surface area contributed by atoms with Crippen molar-refractivity contribution < 1.29 is 14.4 Å². The van der Waals surface area contributed by atoms with Crippen LogP contribution in [-0.2, 0) is 14.4 Å². The standard InChI is InChI=1S/C31H38Cl2N8O3/c1-22(42)38-18-10-24(11-19-38)31(44)39(28-8-9-29(32)30(33)20-28)15-3-14-37-16-12-27(13-17-37)41(23(2)43)26-6-4-25(5-7-26)40-21-34-35-36-40/h4-9,20-21,24,27H,3,10-19H2,1-2H3. The van der Waals surface area contributed by atoms with Crippen LogP contribution in [0.4, 0.5) is 11.4 Å². The van der Waals surface area contributed by atoms with Gasteiger partial charge in [-0.1, -0.05) is 23.2 Å². The van der Waals surface area contributed by atoms with E-state index in [1.165, 1.54) is 6.33 Å². The third kappa shape index (κ3) is 7.57. The van der Waals surface area contributed by atoms with E-state index in [4.69, 9.17) is 23.2 Å². The molecule has 3 amide bonds. The molecule has 2 aromatic carbocycles. The number of benzene rings is 2. The molecule has 0 bridgehead atoms. The topological polar surface area (TPSA) is 108 Å². The van der Waals surface area contributed by atoms with Crippen molar-refractivity contribution in [1.29, 1.82) is 0 Å². The van der Waals surface area contributed by atoms with Crippen LogP contribution >= 0.6 is 23.2 Å². The number of anilines is 2. The maximum Gasteiger partial charge on any atom is 0.230 e. The molecule has 2 aliphatic heterocycles. The van der Waals surface area contributed by atoms with Crippen molar-refractivity contribution in [1.82, 2.24) is 30.0 Å². The Bertz CT molecular complexity index is 1440. The van der Waals surface area contributed by atoms with E-state index in [2.05, 4.69) is 20.4 Å². The molecule has 44 heavy (non-hydrogen) atoms. The summed E-state index contributed by atoms with van der Waals surface area (Å²) in [5.74, 6) is -0.0152. The summed E-state index contributed by atoms with van der Waals surface area (Å²) in [6.07, 6.45) is 5.34. The van der Waals surface area contributed by atoms with Gasteiger partial charge in [0.25, 0.3) is 0 Å². The van der Waals surface area contributed by atoms with Crippen molar-refractivity contribution in [3.8, 4) is 5.69 Å². The molecule has 0 atom stereocenters. The molecule has 5 rings (SSSR count). The maximum atomic E-state index is 13.7. The normalized spacial score (nSPS) is 16.6. The first-order valence-corrected chi connectivity index (χ1v) is 15.8. The molecule has 11 nitrogen and oxygen atoms in total. The first-order valence-electron chi connectivity index (χ1n) is 15.1. The SMILES string of the molecule is CC(=O)N1CCC(C(=O)N(CCCN2CCC(N(C(C)=O)c3ccc(-n4cnnn4)cc3)CC2)c2ccc(Cl)c(Cl)c2)CC1. The van der Waals surface area contributed by atoms with Crippen LogP contribution in [0.1, 0.15) is 46.0 Å². The zero-order valence-corrected chi connectivity index (χ0v) is 26.6. The minimum atomic E-state index is -0.143. The molecule has 0 spiro atoms. The summed E-state index contributed by atoms with van der Waals surface area (Å²) in [6.45, 7) is 7.48. The molecule has 3 aromatic rings. The fourth-order valence-corrected chi connectivity index (χ4v) is 6.52. The van der Waals surface area contributed by atoms with E-state index in [0.29, 0.717) is 42.5 Å². The van der Waals surface area contributed by atoms with Gasteiger partial charge in [-0.25, -0.2) is 4.68 Å². The molecule has 0 N–H and O–H groups in total. The molecule has 0 unspecified atom stereocenters. The molecule has 13 heteroatoms. The fourth-order valence-electron chi connectivity index (χ4n) is 6.23. The highest BCUT2D eigenvalue weighted by Gasteiger charge is 2.31. The van der Waals surface area contributed by atoms with Crippen LogP contribution in [0, 0.1) is 5.92 Å². The van der Waals surface area contributed by atoms with Gasteiger partial charge in [-0.15, -0.1) is 5.10 Å². The molecule has 0 saturated carbocycles. The van der Waals surface area contributed by atoms with Crippen molar-refractivity contribution >= 4 is 52.3 Å².